The lowest BCUT2D eigenvalue weighted by Crippen LogP contribution is -2.01. The molecule has 0 saturated carbocycles. The minimum absolute atomic E-state index is 0.0259. The van der Waals surface area contributed by atoms with Gasteiger partial charge in [0.05, 0.1) is 0 Å². The molecular weight excluding hydrogens is 284 g/mol. The quantitative estimate of drug-likeness (QED) is 0.476. The summed E-state index contributed by atoms with van der Waals surface area (Å²) in [7, 11) is 0. The van der Waals surface area contributed by atoms with Crippen molar-refractivity contribution in [3.63, 3.8) is 0 Å². The second-order valence-electron chi connectivity index (χ2n) is 5.94. The van der Waals surface area contributed by atoms with Crippen LogP contribution >= 0.6 is 0 Å². The Morgan fingerprint density at radius 3 is 1.83 bits per heavy atom. The zero-order valence-corrected chi connectivity index (χ0v) is 13.2. The van der Waals surface area contributed by atoms with Gasteiger partial charge in [0.2, 0.25) is 0 Å². The fourth-order valence-electron chi connectivity index (χ4n) is 3.07. The second kappa shape index (κ2) is 5.47. The van der Waals surface area contributed by atoms with Crippen LogP contribution in [0.5, 0.6) is 0 Å². The fraction of sp³-hybridized carbons (Fsp3) is 0.143. The molecule has 2 aromatic carbocycles. The van der Waals surface area contributed by atoms with Crippen LogP contribution in [0.15, 0.2) is 75.6 Å². The zero-order chi connectivity index (χ0) is 15.8. The highest BCUT2D eigenvalue weighted by Gasteiger charge is 2.23. The van der Waals surface area contributed by atoms with E-state index in [-0.39, 0.29) is 5.92 Å². The van der Waals surface area contributed by atoms with Gasteiger partial charge in [-0.15, -0.1) is 0 Å². The number of rotatable bonds is 3. The molecule has 2 heterocycles. The Balaban J connectivity index is 1.89. The average Bonchev–Trinajstić information content (AvgIpc) is 3.17. The summed E-state index contributed by atoms with van der Waals surface area (Å²) in [5, 5.41) is 2.46. The molecule has 0 fully saturated rings. The summed E-state index contributed by atoms with van der Waals surface area (Å²) in [5.74, 6) is 3.62. The van der Waals surface area contributed by atoms with E-state index < -0.39 is 0 Å². The molecule has 0 unspecified atom stereocenters. The van der Waals surface area contributed by atoms with E-state index in [1.165, 1.54) is 16.3 Å². The van der Waals surface area contributed by atoms with Crippen molar-refractivity contribution in [1.29, 1.82) is 0 Å². The molecule has 114 valence electrons. The summed E-state index contributed by atoms with van der Waals surface area (Å²) in [6.45, 7) is 3.93. The molecule has 0 saturated heterocycles. The topological polar surface area (TPSA) is 26.3 Å². The molecule has 0 amide bonds. The Morgan fingerprint density at radius 1 is 0.652 bits per heavy atom. The minimum atomic E-state index is -0.0259. The van der Waals surface area contributed by atoms with Crippen LogP contribution in [0.3, 0.4) is 0 Å². The van der Waals surface area contributed by atoms with E-state index in [1.54, 1.807) is 0 Å². The Kier molecular flexibility index (Phi) is 3.30. The molecule has 2 nitrogen and oxygen atoms in total. The average molecular weight is 302 g/mol. The first-order valence-electron chi connectivity index (χ1n) is 7.82. The molecule has 2 aromatic heterocycles. The van der Waals surface area contributed by atoms with Crippen LogP contribution in [-0.2, 0) is 0 Å². The largest absolute Gasteiger partial charge is 0.465 e. The first kappa shape index (κ1) is 13.9. The van der Waals surface area contributed by atoms with Crippen LogP contribution in [0.2, 0.25) is 0 Å². The standard InChI is InChI=1S/C21H18O2/c1-14-7-11-19(22-14)21(20-12-8-15(2)23-20)18-10-9-16-5-3-4-6-17(16)13-18/h3-13,21H,1-2H3. The molecule has 0 N–H and O–H groups in total. The van der Waals surface area contributed by atoms with E-state index in [2.05, 4.69) is 42.5 Å². The van der Waals surface area contributed by atoms with Gasteiger partial charge in [-0.25, -0.2) is 0 Å². The highest BCUT2D eigenvalue weighted by Crippen LogP contribution is 2.35. The molecule has 0 spiro atoms. The number of hydrogen-bond acceptors (Lipinski definition) is 2. The monoisotopic (exact) mass is 302 g/mol. The molecule has 0 aliphatic rings. The number of aryl methyl sites for hydroxylation is 2. The summed E-state index contributed by atoms with van der Waals surface area (Å²) in [6, 6.07) is 23.0. The van der Waals surface area contributed by atoms with Gasteiger partial charge in [-0.1, -0.05) is 36.4 Å². The lowest BCUT2D eigenvalue weighted by atomic mass is 9.92. The molecule has 4 aromatic rings. The smallest absolute Gasteiger partial charge is 0.119 e. The van der Waals surface area contributed by atoms with Crippen molar-refractivity contribution >= 4 is 10.8 Å². The van der Waals surface area contributed by atoms with Gasteiger partial charge in [0.25, 0.3) is 0 Å². The molecule has 0 aliphatic carbocycles. The zero-order valence-electron chi connectivity index (χ0n) is 13.2. The number of fused-ring (bicyclic) bond motifs is 1. The third-order valence-corrected chi connectivity index (χ3v) is 4.20. The van der Waals surface area contributed by atoms with E-state index >= 15 is 0 Å². The van der Waals surface area contributed by atoms with Gasteiger partial charge in [-0.05, 0) is 60.5 Å². The predicted molar refractivity (Wildman–Crippen MR) is 91.8 cm³/mol. The Bertz CT molecular complexity index is 918. The van der Waals surface area contributed by atoms with Gasteiger partial charge >= 0.3 is 0 Å². The summed E-state index contributed by atoms with van der Waals surface area (Å²) in [6.07, 6.45) is 0. The van der Waals surface area contributed by atoms with E-state index in [0.29, 0.717) is 0 Å². The summed E-state index contributed by atoms with van der Waals surface area (Å²) in [4.78, 5) is 0. The van der Waals surface area contributed by atoms with Crippen molar-refractivity contribution in [1.82, 2.24) is 0 Å². The number of benzene rings is 2. The summed E-state index contributed by atoms with van der Waals surface area (Å²) >= 11 is 0. The highest BCUT2D eigenvalue weighted by atomic mass is 16.4. The second-order valence-corrected chi connectivity index (χ2v) is 5.94. The van der Waals surface area contributed by atoms with Crippen LogP contribution in [-0.4, -0.2) is 0 Å². The van der Waals surface area contributed by atoms with E-state index in [0.717, 1.165) is 23.0 Å². The SMILES string of the molecule is Cc1ccc(C(c2ccc3ccccc3c2)c2ccc(C)o2)o1. The maximum atomic E-state index is 5.92. The third-order valence-electron chi connectivity index (χ3n) is 4.20. The third kappa shape index (κ3) is 2.57. The Morgan fingerprint density at radius 2 is 1.26 bits per heavy atom. The van der Waals surface area contributed by atoms with Crippen molar-refractivity contribution in [3.05, 3.63) is 95.3 Å². The van der Waals surface area contributed by atoms with Crippen molar-refractivity contribution in [3.8, 4) is 0 Å². The van der Waals surface area contributed by atoms with E-state index in [1.807, 2.05) is 38.1 Å². The van der Waals surface area contributed by atoms with Gasteiger partial charge < -0.3 is 8.83 Å². The normalized spacial score (nSPS) is 11.4. The highest BCUT2D eigenvalue weighted by molar-refractivity contribution is 5.83. The Labute approximate surface area is 135 Å². The molecule has 4 rings (SSSR count). The van der Waals surface area contributed by atoms with E-state index in [9.17, 15) is 0 Å². The molecule has 0 bridgehead atoms. The van der Waals surface area contributed by atoms with Gasteiger partial charge in [0, 0.05) is 0 Å². The molecule has 23 heavy (non-hydrogen) atoms. The van der Waals surface area contributed by atoms with Gasteiger partial charge in [-0.2, -0.15) is 0 Å². The van der Waals surface area contributed by atoms with Crippen LogP contribution in [0.1, 0.15) is 34.5 Å². The first-order chi connectivity index (χ1) is 11.2. The molecule has 0 aliphatic heterocycles. The molecule has 0 radical (unpaired) electrons. The predicted octanol–water partition coefficient (Wildman–Crippen LogP) is 5.82. The van der Waals surface area contributed by atoms with Crippen LogP contribution in [0.25, 0.3) is 10.8 Å². The molecular formula is C21H18O2. The number of furan rings is 2. The van der Waals surface area contributed by atoms with Gasteiger partial charge in [0.15, 0.2) is 0 Å². The van der Waals surface area contributed by atoms with Crippen molar-refractivity contribution in [2.24, 2.45) is 0 Å². The van der Waals surface area contributed by atoms with E-state index in [4.69, 9.17) is 8.83 Å². The lowest BCUT2D eigenvalue weighted by Gasteiger charge is -2.14. The lowest BCUT2D eigenvalue weighted by molar-refractivity contribution is 0.428. The van der Waals surface area contributed by atoms with Crippen molar-refractivity contribution in [2.75, 3.05) is 0 Å². The maximum Gasteiger partial charge on any atom is 0.119 e. The molecule has 0 atom stereocenters. The first-order valence-corrected chi connectivity index (χ1v) is 7.82. The van der Waals surface area contributed by atoms with Crippen molar-refractivity contribution < 1.29 is 8.83 Å². The number of hydrogen-bond donors (Lipinski definition) is 0. The maximum absolute atomic E-state index is 5.92. The molecule has 2 heteroatoms. The summed E-state index contributed by atoms with van der Waals surface area (Å²) < 4.78 is 11.8. The summed E-state index contributed by atoms with van der Waals surface area (Å²) in [5.41, 5.74) is 1.17. The Hall–Kier alpha value is -2.74. The fourth-order valence-corrected chi connectivity index (χ4v) is 3.07. The van der Waals surface area contributed by atoms with Gasteiger partial charge in [-0.3, -0.25) is 0 Å². The van der Waals surface area contributed by atoms with Crippen LogP contribution < -0.4 is 0 Å². The van der Waals surface area contributed by atoms with Crippen molar-refractivity contribution in [2.45, 2.75) is 19.8 Å². The van der Waals surface area contributed by atoms with Gasteiger partial charge in [0.1, 0.15) is 29.0 Å². The van der Waals surface area contributed by atoms with Crippen LogP contribution in [0, 0.1) is 13.8 Å². The minimum Gasteiger partial charge on any atom is -0.465 e. The van der Waals surface area contributed by atoms with Crippen LogP contribution in [0.4, 0.5) is 0 Å².